The average molecular weight is 460 g/mol. The SMILES string of the molecule is CC1CCC(c2nc3cc(C(C)(C)O)c(NC(=O)c4cccc(C(F)F)n4)cc3s2)CC1. The van der Waals surface area contributed by atoms with E-state index in [0.717, 1.165) is 34.0 Å². The highest BCUT2D eigenvalue weighted by Crippen LogP contribution is 2.41. The second-order valence-electron chi connectivity index (χ2n) is 9.14. The monoisotopic (exact) mass is 459 g/mol. The second-order valence-corrected chi connectivity index (χ2v) is 10.2. The average Bonchev–Trinajstić information content (AvgIpc) is 3.16. The number of fused-ring (bicyclic) bond motifs is 1. The Kier molecular flexibility index (Phi) is 6.27. The third-order valence-electron chi connectivity index (χ3n) is 6.04. The summed E-state index contributed by atoms with van der Waals surface area (Å²) in [7, 11) is 0. The molecule has 0 radical (unpaired) electrons. The Morgan fingerprint density at radius 3 is 2.56 bits per heavy atom. The topological polar surface area (TPSA) is 75.1 Å². The Morgan fingerprint density at radius 2 is 1.91 bits per heavy atom. The van der Waals surface area contributed by atoms with E-state index in [2.05, 4.69) is 17.2 Å². The molecule has 3 aromatic rings. The Balaban J connectivity index is 1.68. The van der Waals surface area contributed by atoms with E-state index in [4.69, 9.17) is 4.98 Å². The summed E-state index contributed by atoms with van der Waals surface area (Å²) in [5.41, 5.74) is -0.0737. The number of hydrogen-bond donors (Lipinski definition) is 2. The van der Waals surface area contributed by atoms with Crippen molar-refractivity contribution < 1.29 is 18.7 Å². The zero-order valence-electron chi connectivity index (χ0n) is 18.4. The minimum atomic E-state index is -2.76. The van der Waals surface area contributed by atoms with E-state index >= 15 is 0 Å². The van der Waals surface area contributed by atoms with Crippen molar-refractivity contribution in [3.8, 4) is 0 Å². The number of thiazole rings is 1. The fraction of sp³-hybridized carbons (Fsp3) is 0.458. The normalized spacial score (nSPS) is 19.5. The summed E-state index contributed by atoms with van der Waals surface area (Å²) < 4.78 is 26.9. The lowest BCUT2D eigenvalue weighted by atomic mass is 9.83. The van der Waals surface area contributed by atoms with E-state index in [9.17, 15) is 18.7 Å². The summed E-state index contributed by atoms with van der Waals surface area (Å²) in [5, 5.41) is 14.6. The summed E-state index contributed by atoms with van der Waals surface area (Å²) in [6, 6.07) is 7.56. The van der Waals surface area contributed by atoms with Crippen molar-refractivity contribution in [2.45, 2.75) is 64.4 Å². The number of amides is 1. The summed E-state index contributed by atoms with van der Waals surface area (Å²) in [6.45, 7) is 5.55. The molecule has 1 fully saturated rings. The van der Waals surface area contributed by atoms with Gasteiger partial charge in [0.25, 0.3) is 12.3 Å². The van der Waals surface area contributed by atoms with Gasteiger partial charge in [0.15, 0.2) is 0 Å². The molecule has 170 valence electrons. The number of rotatable bonds is 5. The van der Waals surface area contributed by atoms with Crippen molar-refractivity contribution in [3.05, 3.63) is 52.3 Å². The number of carbonyl (C=O) groups is 1. The second kappa shape index (κ2) is 8.83. The molecule has 32 heavy (non-hydrogen) atoms. The third-order valence-corrected chi connectivity index (χ3v) is 7.22. The molecule has 1 aromatic carbocycles. The van der Waals surface area contributed by atoms with Gasteiger partial charge in [0, 0.05) is 17.2 Å². The first-order valence-electron chi connectivity index (χ1n) is 10.9. The van der Waals surface area contributed by atoms with Crippen LogP contribution in [0.3, 0.4) is 0 Å². The molecule has 2 heterocycles. The number of nitrogens with zero attached hydrogens (tertiary/aromatic N) is 2. The summed E-state index contributed by atoms with van der Waals surface area (Å²) in [5.74, 6) is 0.582. The zero-order chi connectivity index (χ0) is 23.0. The Hall–Kier alpha value is -2.45. The van der Waals surface area contributed by atoms with Gasteiger partial charge in [-0.3, -0.25) is 4.79 Å². The molecule has 1 saturated carbocycles. The molecule has 0 atom stereocenters. The van der Waals surface area contributed by atoms with Crippen molar-refractivity contribution in [1.82, 2.24) is 9.97 Å². The Bertz CT molecular complexity index is 1130. The van der Waals surface area contributed by atoms with Crippen LogP contribution in [0.1, 0.15) is 85.6 Å². The molecule has 2 aromatic heterocycles. The van der Waals surface area contributed by atoms with Crippen molar-refractivity contribution in [1.29, 1.82) is 0 Å². The van der Waals surface area contributed by atoms with Crippen LogP contribution in [0.25, 0.3) is 10.2 Å². The van der Waals surface area contributed by atoms with Crippen LogP contribution < -0.4 is 5.32 Å². The number of hydrogen-bond acceptors (Lipinski definition) is 5. The summed E-state index contributed by atoms with van der Waals surface area (Å²) in [6.07, 6.45) is 1.87. The smallest absolute Gasteiger partial charge is 0.280 e. The molecule has 0 aliphatic heterocycles. The zero-order valence-corrected chi connectivity index (χ0v) is 19.2. The number of anilines is 1. The maximum atomic E-state index is 13.0. The number of aliphatic hydroxyl groups is 1. The first-order valence-corrected chi connectivity index (χ1v) is 11.7. The molecule has 5 nitrogen and oxygen atoms in total. The Morgan fingerprint density at radius 1 is 1.19 bits per heavy atom. The lowest BCUT2D eigenvalue weighted by Crippen LogP contribution is -2.21. The molecular weight excluding hydrogens is 432 g/mol. The van der Waals surface area contributed by atoms with Crippen LogP contribution in [0.15, 0.2) is 30.3 Å². The van der Waals surface area contributed by atoms with E-state index < -0.39 is 23.6 Å². The first kappa shape index (κ1) is 22.7. The molecular formula is C24H27F2N3O2S. The van der Waals surface area contributed by atoms with Crippen molar-refractivity contribution in [2.24, 2.45) is 5.92 Å². The largest absolute Gasteiger partial charge is 0.386 e. The number of alkyl halides is 2. The van der Waals surface area contributed by atoms with Gasteiger partial charge >= 0.3 is 0 Å². The van der Waals surface area contributed by atoms with Crippen LogP contribution in [0.4, 0.5) is 14.5 Å². The maximum absolute atomic E-state index is 13.0. The fourth-order valence-corrected chi connectivity index (χ4v) is 5.33. The van der Waals surface area contributed by atoms with Crippen LogP contribution in [0.5, 0.6) is 0 Å². The third kappa shape index (κ3) is 4.81. The van der Waals surface area contributed by atoms with Gasteiger partial charge in [-0.25, -0.2) is 18.7 Å². The molecule has 2 N–H and O–H groups in total. The lowest BCUT2D eigenvalue weighted by molar-refractivity contribution is 0.0794. The molecule has 0 bridgehead atoms. The van der Waals surface area contributed by atoms with Crippen LogP contribution >= 0.6 is 11.3 Å². The number of nitrogens with one attached hydrogen (secondary N) is 1. The summed E-state index contributed by atoms with van der Waals surface area (Å²) >= 11 is 1.61. The molecule has 0 unspecified atom stereocenters. The lowest BCUT2D eigenvalue weighted by Gasteiger charge is -2.24. The Labute approximate surface area is 189 Å². The summed E-state index contributed by atoms with van der Waals surface area (Å²) in [4.78, 5) is 21.4. The van der Waals surface area contributed by atoms with Crippen LogP contribution in [-0.2, 0) is 5.60 Å². The highest BCUT2D eigenvalue weighted by molar-refractivity contribution is 7.18. The number of carbonyl (C=O) groups excluding carboxylic acids is 1. The molecule has 0 saturated heterocycles. The van der Waals surface area contributed by atoms with Crippen molar-refractivity contribution in [2.75, 3.05) is 5.32 Å². The van der Waals surface area contributed by atoms with E-state index in [1.54, 1.807) is 31.3 Å². The van der Waals surface area contributed by atoms with Gasteiger partial charge < -0.3 is 10.4 Å². The molecule has 1 aliphatic rings. The molecule has 8 heteroatoms. The quantitative estimate of drug-likeness (QED) is 0.463. The van der Waals surface area contributed by atoms with Crippen LogP contribution in [-0.4, -0.2) is 21.0 Å². The maximum Gasteiger partial charge on any atom is 0.280 e. The highest BCUT2D eigenvalue weighted by atomic mass is 32.1. The number of benzene rings is 1. The van der Waals surface area contributed by atoms with E-state index in [-0.39, 0.29) is 5.69 Å². The van der Waals surface area contributed by atoms with Gasteiger partial charge in [-0.05, 0) is 56.9 Å². The number of pyridine rings is 1. The number of halogens is 2. The van der Waals surface area contributed by atoms with E-state index in [1.807, 2.05) is 6.07 Å². The standard InChI is InChI=1S/C24H27F2N3O2S/c1-13-7-9-14(10-8-13)23-29-19-11-15(24(2,3)31)18(12-20(19)32-23)28-22(30)17-6-4-5-16(27-17)21(25)26/h4-6,11-14,21,31H,7-10H2,1-3H3,(H,28,30). The molecule has 4 rings (SSSR count). The van der Waals surface area contributed by atoms with Gasteiger partial charge in [-0.15, -0.1) is 11.3 Å². The highest BCUT2D eigenvalue weighted by Gasteiger charge is 2.26. The predicted octanol–water partition coefficient (Wildman–Crippen LogP) is 6.40. The van der Waals surface area contributed by atoms with Crippen LogP contribution in [0, 0.1) is 5.92 Å². The molecule has 1 aliphatic carbocycles. The fourth-order valence-electron chi connectivity index (χ4n) is 4.17. The van der Waals surface area contributed by atoms with Gasteiger partial charge in [0.05, 0.1) is 20.8 Å². The van der Waals surface area contributed by atoms with Crippen molar-refractivity contribution >= 4 is 33.1 Å². The number of aromatic nitrogens is 2. The molecule has 0 spiro atoms. The van der Waals surface area contributed by atoms with Gasteiger partial charge in [-0.2, -0.15) is 0 Å². The predicted molar refractivity (Wildman–Crippen MR) is 122 cm³/mol. The van der Waals surface area contributed by atoms with Gasteiger partial charge in [0.1, 0.15) is 11.4 Å². The van der Waals surface area contributed by atoms with Crippen LogP contribution in [0.2, 0.25) is 0 Å². The van der Waals surface area contributed by atoms with E-state index in [1.165, 1.54) is 31.0 Å². The van der Waals surface area contributed by atoms with E-state index in [0.29, 0.717) is 17.2 Å². The van der Waals surface area contributed by atoms with Gasteiger partial charge in [-0.1, -0.05) is 25.8 Å². The molecule has 1 amide bonds. The minimum absolute atomic E-state index is 0.106. The van der Waals surface area contributed by atoms with Gasteiger partial charge in [0.2, 0.25) is 0 Å². The minimum Gasteiger partial charge on any atom is -0.386 e. The first-order chi connectivity index (χ1) is 15.1. The van der Waals surface area contributed by atoms with Crippen molar-refractivity contribution in [3.63, 3.8) is 0 Å².